The Morgan fingerprint density at radius 3 is 2.85 bits per heavy atom. The second kappa shape index (κ2) is 7.36. The van der Waals surface area contributed by atoms with Gasteiger partial charge in [0.05, 0.1) is 16.6 Å². The molecular weight excluding hydrogens is 342 g/mol. The number of aryl methyl sites for hydroxylation is 1. The van der Waals surface area contributed by atoms with Gasteiger partial charge in [-0.15, -0.1) is 0 Å². The van der Waals surface area contributed by atoms with Crippen LogP contribution in [0.15, 0.2) is 42.6 Å². The maximum Gasteiger partial charge on any atom is 0.272 e. The van der Waals surface area contributed by atoms with Gasteiger partial charge >= 0.3 is 0 Å². The Balaban J connectivity index is 1.33. The molecule has 2 aromatic carbocycles. The van der Waals surface area contributed by atoms with Gasteiger partial charge in [-0.05, 0) is 43.5 Å². The van der Waals surface area contributed by atoms with E-state index in [1.165, 1.54) is 0 Å². The summed E-state index contributed by atoms with van der Waals surface area (Å²) in [7, 11) is 0. The maximum atomic E-state index is 11.1. The monoisotopic (exact) mass is 365 g/mol. The molecule has 1 aliphatic heterocycles. The van der Waals surface area contributed by atoms with Crippen molar-refractivity contribution in [2.45, 2.75) is 32.4 Å². The molecule has 140 valence electrons. The molecule has 0 amide bonds. The van der Waals surface area contributed by atoms with Gasteiger partial charge in [0.1, 0.15) is 0 Å². The van der Waals surface area contributed by atoms with E-state index < -0.39 is 0 Å². The van der Waals surface area contributed by atoms with E-state index in [2.05, 4.69) is 32.5 Å². The van der Waals surface area contributed by atoms with E-state index >= 15 is 0 Å². The highest BCUT2D eigenvalue weighted by Gasteiger charge is 2.20. The van der Waals surface area contributed by atoms with Gasteiger partial charge < -0.3 is 5.32 Å². The Kier molecular flexibility index (Phi) is 4.77. The molecule has 0 atom stereocenters. The van der Waals surface area contributed by atoms with Gasteiger partial charge in [0.15, 0.2) is 0 Å². The Bertz CT molecular complexity index is 960. The van der Waals surface area contributed by atoms with Crippen molar-refractivity contribution in [3.05, 3.63) is 63.8 Å². The summed E-state index contributed by atoms with van der Waals surface area (Å²) in [4.78, 5) is 13.2. The van der Waals surface area contributed by atoms with Gasteiger partial charge in [0.2, 0.25) is 0 Å². The van der Waals surface area contributed by atoms with Gasteiger partial charge in [-0.25, -0.2) is 0 Å². The third kappa shape index (κ3) is 3.93. The number of benzene rings is 2. The molecule has 0 spiro atoms. The van der Waals surface area contributed by atoms with Crippen LogP contribution in [0.5, 0.6) is 0 Å². The largest absolute Gasteiger partial charge is 0.382 e. The fourth-order valence-electron chi connectivity index (χ4n) is 3.71. The summed E-state index contributed by atoms with van der Waals surface area (Å²) in [6, 6.07) is 12.2. The van der Waals surface area contributed by atoms with Crippen LogP contribution in [-0.2, 0) is 6.54 Å². The fourth-order valence-corrected chi connectivity index (χ4v) is 3.71. The van der Waals surface area contributed by atoms with Crippen LogP contribution in [0.3, 0.4) is 0 Å². The van der Waals surface area contributed by atoms with Crippen LogP contribution in [0.2, 0.25) is 0 Å². The normalized spacial score (nSPS) is 15.9. The minimum Gasteiger partial charge on any atom is -0.382 e. The van der Waals surface area contributed by atoms with Gasteiger partial charge in [-0.1, -0.05) is 12.1 Å². The second-order valence-corrected chi connectivity index (χ2v) is 7.24. The first-order valence-electron chi connectivity index (χ1n) is 9.24. The first-order chi connectivity index (χ1) is 13.1. The molecule has 0 saturated carbocycles. The van der Waals surface area contributed by atoms with Crippen molar-refractivity contribution in [1.82, 2.24) is 15.1 Å². The van der Waals surface area contributed by atoms with E-state index in [9.17, 15) is 10.1 Å². The number of nitro benzene ring substituents is 1. The van der Waals surface area contributed by atoms with E-state index in [-0.39, 0.29) is 10.6 Å². The highest BCUT2D eigenvalue weighted by Crippen LogP contribution is 2.23. The summed E-state index contributed by atoms with van der Waals surface area (Å²) in [5, 5.41) is 22.9. The number of anilines is 1. The van der Waals surface area contributed by atoms with Gasteiger partial charge in [0, 0.05) is 48.4 Å². The van der Waals surface area contributed by atoms with Crippen LogP contribution < -0.4 is 5.32 Å². The summed E-state index contributed by atoms with van der Waals surface area (Å²) in [6.07, 6.45) is 3.94. The molecule has 7 nitrogen and oxygen atoms in total. The van der Waals surface area contributed by atoms with Crippen LogP contribution in [0.4, 0.5) is 11.4 Å². The second-order valence-electron chi connectivity index (χ2n) is 7.24. The minimum absolute atomic E-state index is 0.207. The summed E-state index contributed by atoms with van der Waals surface area (Å²) in [6.45, 7) is 4.50. The zero-order chi connectivity index (χ0) is 18.8. The number of nitrogens with one attached hydrogen (secondary N) is 2. The van der Waals surface area contributed by atoms with E-state index in [0.717, 1.165) is 54.6 Å². The summed E-state index contributed by atoms with van der Waals surface area (Å²) < 4.78 is 0. The van der Waals surface area contributed by atoms with E-state index in [0.29, 0.717) is 11.6 Å². The third-order valence-electron chi connectivity index (χ3n) is 5.27. The molecule has 27 heavy (non-hydrogen) atoms. The highest BCUT2D eigenvalue weighted by atomic mass is 16.6. The number of aromatic amines is 1. The number of aromatic nitrogens is 2. The molecule has 1 fully saturated rings. The molecule has 4 rings (SSSR count). The molecule has 7 heteroatoms. The number of hydrogen-bond acceptors (Lipinski definition) is 5. The average Bonchev–Trinajstić information content (AvgIpc) is 3.12. The molecule has 1 aliphatic rings. The highest BCUT2D eigenvalue weighted by molar-refractivity contribution is 5.81. The SMILES string of the molecule is Cc1ccc(CN2CCC(Nc3ccc4[nH]ncc4c3)CC2)cc1[N+](=O)[O-]. The number of H-pyrrole nitrogens is 1. The molecule has 3 aromatic rings. The van der Waals surface area contributed by atoms with Crippen LogP contribution in [0, 0.1) is 17.0 Å². The topological polar surface area (TPSA) is 87.1 Å². The Labute approximate surface area is 157 Å². The quantitative estimate of drug-likeness (QED) is 0.530. The molecule has 0 unspecified atom stereocenters. The first kappa shape index (κ1) is 17.5. The van der Waals surface area contributed by atoms with Crippen LogP contribution >= 0.6 is 0 Å². The Morgan fingerprint density at radius 1 is 1.26 bits per heavy atom. The lowest BCUT2D eigenvalue weighted by Gasteiger charge is -2.33. The van der Waals surface area contributed by atoms with Crippen molar-refractivity contribution in [2.24, 2.45) is 0 Å². The van der Waals surface area contributed by atoms with Crippen LogP contribution in [0.25, 0.3) is 10.9 Å². The maximum absolute atomic E-state index is 11.1. The lowest BCUT2D eigenvalue weighted by molar-refractivity contribution is -0.385. The van der Waals surface area contributed by atoms with Crippen molar-refractivity contribution >= 4 is 22.3 Å². The van der Waals surface area contributed by atoms with Crippen molar-refractivity contribution in [3.63, 3.8) is 0 Å². The average molecular weight is 365 g/mol. The molecule has 0 radical (unpaired) electrons. The van der Waals surface area contributed by atoms with Gasteiger partial charge in [0.25, 0.3) is 5.69 Å². The standard InChI is InChI=1S/C20H23N5O2/c1-14-2-3-15(10-20(14)25(26)27)13-24-8-6-17(7-9-24)22-18-4-5-19-16(11-18)12-21-23-19/h2-5,10-12,17,22H,6-9,13H2,1H3,(H,21,23). The lowest BCUT2D eigenvalue weighted by Crippen LogP contribution is -2.38. The fraction of sp³-hybridized carbons (Fsp3) is 0.350. The van der Waals surface area contributed by atoms with Gasteiger partial charge in [-0.2, -0.15) is 5.10 Å². The zero-order valence-electron chi connectivity index (χ0n) is 15.3. The van der Waals surface area contributed by atoms with Crippen molar-refractivity contribution < 1.29 is 4.92 Å². The number of nitrogens with zero attached hydrogens (tertiary/aromatic N) is 3. The molecule has 2 heterocycles. The third-order valence-corrected chi connectivity index (χ3v) is 5.27. The van der Waals surface area contributed by atoms with E-state index in [1.54, 1.807) is 13.0 Å². The lowest BCUT2D eigenvalue weighted by atomic mass is 10.0. The number of fused-ring (bicyclic) bond motifs is 1. The summed E-state index contributed by atoms with van der Waals surface area (Å²) >= 11 is 0. The number of likely N-dealkylation sites (tertiary alicyclic amines) is 1. The van der Waals surface area contributed by atoms with Gasteiger partial charge in [-0.3, -0.25) is 20.1 Å². The van der Waals surface area contributed by atoms with Crippen molar-refractivity contribution in [2.75, 3.05) is 18.4 Å². The predicted molar refractivity (Wildman–Crippen MR) is 106 cm³/mol. The molecular formula is C20H23N5O2. The number of piperidine rings is 1. The Hall–Kier alpha value is -2.93. The van der Waals surface area contributed by atoms with E-state index in [1.807, 2.05) is 24.4 Å². The predicted octanol–water partition coefficient (Wildman–Crippen LogP) is 3.86. The molecule has 2 N–H and O–H groups in total. The first-order valence-corrected chi connectivity index (χ1v) is 9.24. The van der Waals surface area contributed by atoms with Crippen LogP contribution in [-0.4, -0.2) is 39.2 Å². The molecule has 0 aliphatic carbocycles. The van der Waals surface area contributed by atoms with Crippen molar-refractivity contribution in [3.8, 4) is 0 Å². The smallest absolute Gasteiger partial charge is 0.272 e. The van der Waals surface area contributed by atoms with Crippen LogP contribution in [0.1, 0.15) is 24.0 Å². The number of nitro groups is 1. The Morgan fingerprint density at radius 2 is 2.07 bits per heavy atom. The van der Waals surface area contributed by atoms with E-state index in [4.69, 9.17) is 0 Å². The molecule has 1 saturated heterocycles. The molecule has 0 bridgehead atoms. The summed E-state index contributed by atoms with van der Waals surface area (Å²) in [5.41, 5.74) is 4.09. The number of rotatable bonds is 5. The minimum atomic E-state index is -0.300. The number of hydrogen-bond donors (Lipinski definition) is 2. The van der Waals surface area contributed by atoms with Crippen molar-refractivity contribution in [1.29, 1.82) is 0 Å². The summed E-state index contributed by atoms with van der Waals surface area (Å²) in [5.74, 6) is 0. The molecule has 1 aromatic heterocycles. The zero-order valence-corrected chi connectivity index (χ0v) is 15.3.